The second-order valence-corrected chi connectivity index (χ2v) is 4.57. The first kappa shape index (κ1) is 12.4. The van der Waals surface area contributed by atoms with Crippen LogP contribution in [0.15, 0.2) is 17.9 Å². The molecule has 6 nitrogen and oxygen atoms in total. The van der Waals surface area contributed by atoms with Crippen LogP contribution in [0.4, 0.5) is 5.82 Å². The molecular formula is C11H12N4O2S. The molecule has 2 aromatic heterocycles. The second kappa shape index (κ2) is 5.54. The number of thiazole rings is 1. The van der Waals surface area contributed by atoms with Crippen LogP contribution in [0, 0.1) is 6.92 Å². The van der Waals surface area contributed by atoms with Gasteiger partial charge in [-0.3, -0.25) is 0 Å². The third kappa shape index (κ3) is 3.01. The van der Waals surface area contributed by atoms with Gasteiger partial charge in [0.05, 0.1) is 23.6 Å². The summed E-state index contributed by atoms with van der Waals surface area (Å²) in [5.41, 5.74) is 2.82. The quantitative estimate of drug-likeness (QED) is 0.852. The highest BCUT2D eigenvalue weighted by atomic mass is 32.1. The van der Waals surface area contributed by atoms with Gasteiger partial charge in [-0.2, -0.15) is 0 Å². The molecule has 2 rings (SSSR count). The molecule has 0 fully saturated rings. The van der Waals surface area contributed by atoms with Gasteiger partial charge in [0.25, 0.3) is 0 Å². The normalized spacial score (nSPS) is 10.3. The van der Waals surface area contributed by atoms with Crippen molar-refractivity contribution < 1.29 is 9.90 Å². The third-order valence-corrected chi connectivity index (χ3v) is 3.37. The Morgan fingerprint density at radius 3 is 2.78 bits per heavy atom. The van der Waals surface area contributed by atoms with Crippen molar-refractivity contribution in [1.29, 1.82) is 0 Å². The number of aromatic nitrogens is 3. The molecule has 0 bridgehead atoms. The predicted octanol–water partition coefficient (Wildman–Crippen LogP) is 1.59. The fraction of sp³-hybridized carbons (Fsp3) is 0.273. The minimum absolute atomic E-state index is 0.0566. The number of aryl methyl sites for hydroxylation is 1. The second-order valence-electron chi connectivity index (χ2n) is 3.63. The van der Waals surface area contributed by atoms with Gasteiger partial charge in [-0.05, 0) is 6.92 Å². The van der Waals surface area contributed by atoms with Crippen LogP contribution < -0.4 is 5.32 Å². The summed E-state index contributed by atoms with van der Waals surface area (Å²) in [6, 6.07) is 0. The zero-order chi connectivity index (χ0) is 13.0. The maximum atomic E-state index is 10.6. The van der Waals surface area contributed by atoms with Crippen molar-refractivity contribution in [2.45, 2.75) is 13.3 Å². The highest BCUT2D eigenvalue weighted by molar-refractivity contribution is 7.09. The summed E-state index contributed by atoms with van der Waals surface area (Å²) in [4.78, 5) is 23.7. The molecule has 0 aliphatic carbocycles. The summed E-state index contributed by atoms with van der Waals surface area (Å²) in [5.74, 6) is -0.503. The van der Waals surface area contributed by atoms with E-state index in [1.807, 2.05) is 12.4 Å². The highest BCUT2D eigenvalue weighted by Crippen LogP contribution is 2.12. The Morgan fingerprint density at radius 2 is 2.22 bits per heavy atom. The van der Waals surface area contributed by atoms with Crippen molar-refractivity contribution in [1.82, 2.24) is 15.0 Å². The average Bonchev–Trinajstić information content (AvgIpc) is 2.76. The number of carboxylic acids is 1. The molecule has 18 heavy (non-hydrogen) atoms. The van der Waals surface area contributed by atoms with Crippen molar-refractivity contribution in [2.75, 3.05) is 11.9 Å². The smallest absolute Gasteiger partial charge is 0.356 e. The average molecular weight is 264 g/mol. The Bertz CT molecular complexity index is 538. The number of nitrogens with zero attached hydrogens (tertiary/aromatic N) is 3. The zero-order valence-corrected chi connectivity index (χ0v) is 10.6. The van der Waals surface area contributed by atoms with E-state index in [9.17, 15) is 4.79 Å². The molecule has 7 heteroatoms. The lowest BCUT2D eigenvalue weighted by Crippen LogP contribution is -2.08. The monoisotopic (exact) mass is 264 g/mol. The molecule has 94 valence electrons. The molecule has 0 amide bonds. The fourth-order valence-corrected chi connectivity index (χ4v) is 2.18. The molecule has 0 radical (unpaired) electrons. The van der Waals surface area contributed by atoms with Gasteiger partial charge in [0.15, 0.2) is 5.69 Å². The van der Waals surface area contributed by atoms with Gasteiger partial charge in [0, 0.05) is 17.8 Å². The van der Waals surface area contributed by atoms with Gasteiger partial charge < -0.3 is 10.4 Å². The first-order valence-corrected chi connectivity index (χ1v) is 6.23. The Morgan fingerprint density at radius 1 is 1.39 bits per heavy atom. The van der Waals surface area contributed by atoms with Crippen molar-refractivity contribution in [3.05, 3.63) is 34.2 Å². The van der Waals surface area contributed by atoms with Crippen LogP contribution in [0.25, 0.3) is 0 Å². The molecule has 0 aliphatic heterocycles. The number of rotatable bonds is 5. The van der Waals surface area contributed by atoms with Crippen LogP contribution in [-0.4, -0.2) is 32.6 Å². The summed E-state index contributed by atoms with van der Waals surface area (Å²) < 4.78 is 0. The predicted molar refractivity (Wildman–Crippen MR) is 68.0 cm³/mol. The summed E-state index contributed by atoms with van der Waals surface area (Å²) in [6.07, 6.45) is 3.52. The van der Waals surface area contributed by atoms with E-state index in [0.717, 1.165) is 12.1 Å². The van der Waals surface area contributed by atoms with Gasteiger partial charge in [-0.15, -0.1) is 11.3 Å². The maximum absolute atomic E-state index is 10.6. The number of hydrogen-bond donors (Lipinski definition) is 2. The Hall–Kier alpha value is -2.02. The molecule has 2 heterocycles. The van der Waals surface area contributed by atoms with Crippen LogP contribution in [0.1, 0.15) is 21.1 Å². The molecule has 0 saturated heterocycles. The van der Waals surface area contributed by atoms with E-state index < -0.39 is 5.97 Å². The van der Waals surface area contributed by atoms with Crippen LogP contribution in [0.2, 0.25) is 0 Å². The van der Waals surface area contributed by atoms with E-state index in [0.29, 0.717) is 12.4 Å². The standard InChI is InChI=1S/C11H12N4O2S/c1-7-9(18-6-15-7)2-3-12-10-5-13-8(4-14-10)11(16)17/h4-6H,2-3H2,1H3,(H,12,14)(H,16,17). The number of anilines is 1. The molecule has 2 aromatic rings. The minimum atomic E-state index is -1.07. The van der Waals surface area contributed by atoms with Crippen molar-refractivity contribution in [3.8, 4) is 0 Å². The SMILES string of the molecule is Cc1ncsc1CCNc1cnc(C(=O)O)cn1. The van der Waals surface area contributed by atoms with Gasteiger partial charge in [-0.1, -0.05) is 0 Å². The molecule has 2 N–H and O–H groups in total. The largest absolute Gasteiger partial charge is 0.476 e. The van der Waals surface area contributed by atoms with Crippen LogP contribution in [0.3, 0.4) is 0 Å². The van der Waals surface area contributed by atoms with Gasteiger partial charge in [0.1, 0.15) is 5.82 Å². The Kier molecular flexibility index (Phi) is 3.83. The van der Waals surface area contributed by atoms with Crippen LogP contribution >= 0.6 is 11.3 Å². The highest BCUT2D eigenvalue weighted by Gasteiger charge is 2.05. The number of nitrogens with one attached hydrogen (secondary N) is 1. The molecule has 0 spiro atoms. The summed E-state index contributed by atoms with van der Waals surface area (Å²) >= 11 is 1.63. The van der Waals surface area contributed by atoms with Gasteiger partial charge >= 0.3 is 5.97 Å². The van der Waals surface area contributed by atoms with E-state index in [2.05, 4.69) is 20.3 Å². The first-order chi connectivity index (χ1) is 8.66. The molecule has 0 unspecified atom stereocenters. The Labute approximate surface area is 108 Å². The lowest BCUT2D eigenvalue weighted by molar-refractivity contribution is 0.0690. The maximum Gasteiger partial charge on any atom is 0.356 e. The van der Waals surface area contributed by atoms with E-state index in [4.69, 9.17) is 5.11 Å². The van der Waals surface area contributed by atoms with Gasteiger partial charge in [0.2, 0.25) is 0 Å². The lowest BCUT2D eigenvalue weighted by Gasteiger charge is -2.04. The summed E-state index contributed by atoms with van der Waals surface area (Å²) in [6.45, 7) is 2.69. The lowest BCUT2D eigenvalue weighted by atomic mass is 10.3. The molecule has 0 aliphatic rings. The van der Waals surface area contributed by atoms with Crippen molar-refractivity contribution >= 4 is 23.1 Å². The van der Waals surface area contributed by atoms with Gasteiger partial charge in [-0.25, -0.2) is 19.7 Å². The summed E-state index contributed by atoms with van der Waals surface area (Å²) in [7, 11) is 0. The number of hydrogen-bond acceptors (Lipinski definition) is 6. The number of aromatic carboxylic acids is 1. The van der Waals surface area contributed by atoms with Crippen molar-refractivity contribution in [2.24, 2.45) is 0 Å². The number of carbonyl (C=O) groups is 1. The first-order valence-electron chi connectivity index (χ1n) is 5.35. The molecule has 0 aromatic carbocycles. The molecule has 0 saturated carbocycles. The van der Waals surface area contributed by atoms with Crippen LogP contribution in [-0.2, 0) is 6.42 Å². The molecular weight excluding hydrogens is 252 g/mol. The van der Waals surface area contributed by atoms with Crippen LogP contribution in [0.5, 0.6) is 0 Å². The third-order valence-electron chi connectivity index (χ3n) is 2.37. The fourth-order valence-electron chi connectivity index (χ4n) is 1.40. The summed E-state index contributed by atoms with van der Waals surface area (Å²) in [5, 5.41) is 11.8. The van der Waals surface area contributed by atoms with E-state index in [1.165, 1.54) is 17.3 Å². The van der Waals surface area contributed by atoms with Crippen molar-refractivity contribution in [3.63, 3.8) is 0 Å². The minimum Gasteiger partial charge on any atom is -0.476 e. The zero-order valence-electron chi connectivity index (χ0n) is 9.75. The molecule has 0 atom stereocenters. The number of carboxylic acid groups (broad SMARTS) is 1. The topological polar surface area (TPSA) is 88.0 Å². The van der Waals surface area contributed by atoms with E-state index in [1.54, 1.807) is 11.3 Å². The Balaban J connectivity index is 1.87. The van der Waals surface area contributed by atoms with E-state index >= 15 is 0 Å². The van der Waals surface area contributed by atoms with E-state index in [-0.39, 0.29) is 5.69 Å².